The van der Waals surface area contributed by atoms with Crippen molar-refractivity contribution >= 4 is 0 Å². The molecule has 0 saturated carbocycles. The van der Waals surface area contributed by atoms with Crippen molar-refractivity contribution in [3.05, 3.63) is 0 Å². The van der Waals surface area contributed by atoms with Crippen LogP contribution >= 0.6 is 0 Å². The van der Waals surface area contributed by atoms with Gasteiger partial charge in [0.2, 0.25) is 0 Å². The van der Waals surface area contributed by atoms with E-state index in [1.165, 1.54) is 0 Å². The molecule has 0 N–H and O–H groups in total. The van der Waals surface area contributed by atoms with Crippen LogP contribution in [0, 0.1) is 2510 Å². The summed E-state index contributed by atoms with van der Waals surface area (Å²) < 4.78 is 0. The predicted molar refractivity (Wildman–Crippen MR) is 0 cm³/mol. The van der Waals surface area contributed by atoms with E-state index in [2.05, 4.69) is 0 Å². The minimum atomic E-state index is 0. The summed E-state index contributed by atoms with van der Waals surface area (Å²) in [6, 6.07) is 0. The predicted octanol–water partition coefficient (Wildman–Crippen LogP) is 0. The summed E-state index contributed by atoms with van der Waals surface area (Å²) in [6.07, 6.45) is 0. The summed E-state index contributed by atoms with van der Waals surface area (Å²) in [4.78, 5) is 0. The molecule has 0 heterocycles. The molecule has 0 unspecified atom stereocenters. The van der Waals surface area contributed by atoms with Gasteiger partial charge in [-0.25, -0.2) is 0 Å². The Morgan fingerprint density at radius 3 is 0.0154 bits per heavy atom. The molecule has 0 aliphatic rings. The van der Waals surface area contributed by atoms with Crippen molar-refractivity contribution in [1.82, 2.24) is 0 Å². The molecule has 0 aliphatic carbocycles. The molecule has 0 aromatic rings. The standard InChI is InChI=1S/65Tb. The molecule has 65 radical (unpaired) electrons. The maximum absolute atomic E-state index is 0. The summed E-state index contributed by atoms with van der Waals surface area (Å²) >= 11 is 0. The third kappa shape index (κ3) is 448. The topological polar surface area (TPSA) is 0 Å². The van der Waals surface area contributed by atoms with Crippen molar-refractivity contribution in [2.24, 2.45) is 0 Å². The van der Waals surface area contributed by atoms with E-state index in [-0.39, 0.29) is 2510 Å². The molecule has 0 amide bonds. The molecule has 0 atom stereocenters. The fraction of sp³-hybridized carbons (Fsp3) is 0. The number of rotatable bonds is 0. The molecule has 0 aromatic carbocycles. The SMILES string of the molecule is [Tb].[Tb].[Tb].[Tb].[Tb].[Tb].[Tb].[Tb].[Tb].[Tb].[Tb].[Tb].[Tb].[Tb].[Tb].[Tb].[Tb].[Tb].[Tb].[Tb].[Tb].[Tb].[Tb].[Tb].[Tb].[Tb].[Tb].[Tb].[Tb].[Tb].[Tb].[Tb].[Tb].[Tb].[Tb].[Tb].[Tb].[Tb].[Tb].[Tb].[Tb].[Tb].[Tb].[Tb].[Tb].[Tb].[Tb].[Tb].[Tb].[Tb].[Tb].[Tb].[Tb].[Tb].[Tb].[Tb].[Tb].[Tb].[Tb].[Tb].[Tb].[Tb].[Tb].[Tb].[Tb]. The van der Waals surface area contributed by atoms with Crippen LogP contribution in [0.25, 0.3) is 0 Å². The van der Waals surface area contributed by atoms with E-state index < -0.39 is 0 Å². The molecular formula is Tb65. The first-order chi connectivity index (χ1) is 0. The fourth-order valence-corrected chi connectivity index (χ4v) is 0. The van der Waals surface area contributed by atoms with Gasteiger partial charge in [0.05, 0.1) is 0 Å². The van der Waals surface area contributed by atoms with Crippen LogP contribution in [-0.4, -0.2) is 0 Å². The Morgan fingerprint density at radius 1 is 0.0154 bits per heavy atom. The largest absolute Gasteiger partial charge is 0 e. The smallest absolute Gasteiger partial charge is 0 e. The van der Waals surface area contributed by atoms with E-state index >= 15 is 0 Å². The Labute approximate surface area is 2400 Å². The first-order valence-electron chi connectivity index (χ1n) is 0. The molecule has 0 saturated heterocycles. The molecule has 585 valence electrons. The average Bonchev–Trinajstić information content (AvgIpc) is 0. The van der Waals surface area contributed by atoms with Gasteiger partial charge in [-0.2, -0.15) is 0 Å². The second-order valence-corrected chi connectivity index (χ2v) is 0. The molecule has 0 nitrogen and oxygen atoms in total. The van der Waals surface area contributed by atoms with Gasteiger partial charge in [-0.3, -0.25) is 0 Å². The molecule has 0 aliphatic heterocycles. The zero-order valence-corrected chi connectivity index (χ0v) is 161. The van der Waals surface area contributed by atoms with E-state index in [0.717, 1.165) is 0 Å². The van der Waals surface area contributed by atoms with Crippen LogP contribution in [0.4, 0.5) is 0 Å². The van der Waals surface area contributed by atoms with E-state index in [0.29, 0.717) is 0 Å². The molecule has 0 spiro atoms. The van der Waals surface area contributed by atoms with Gasteiger partial charge in [0.1, 0.15) is 0 Å². The van der Waals surface area contributed by atoms with Gasteiger partial charge in [0.25, 0.3) is 0 Å². The maximum atomic E-state index is 0. The zero-order chi connectivity index (χ0) is 0. The molecular weight excluding hydrogens is 10300 g/mol. The number of hydrogen-bond donors (Lipinski definition) is 0. The fourth-order valence-electron chi connectivity index (χ4n) is 0. The minimum Gasteiger partial charge on any atom is 0 e. The monoisotopic (exact) mass is 10300 g/mol. The Kier molecular flexibility index (Phi) is 3240. The molecule has 0 rings (SSSR count). The van der Waals surface area contributed by atoms with Crippen molar-refractivity contribution < 1.29 is 2510 Å². The van der Waals surface area contributed by atoms with E-state index in [4.69, 9.17) is 0 Å². The van der Waals surface area contributed by atoms with Crippen LogP contribution in [-0.2, 0) is 0 Å². The molecule has 0 fully saturated rings. The Hall–Kier alpha value is 83.6. The van der Waals surface area contributed by atoms with Gasteiger partial charge in [-0.05, 0) is 0 Å². The Bertz CT molecular complexity index is 0. The molecule has 65 heteroatoms. The van der Waals surface area contributed by atoms with Crippen LogP contribution in [0.5, 0.6) is 0 Å². The van der Waals surface area contributed by atoms with E-state index in [1.54, 1.807) is 0 Å². The Balaban J connectivity index is 0. The van der Waals surface area contributed by atoms with E-state index in [1.807, 2.05) is 0 Å². The number of hydrogen-bond acceptors (Lipinski definition) is 0. The quantitative estimate of drug-likeness (QED) is 0.321. The zero-order valence-electron chi connectivity index (χ0n) is 21.7. The van der Waals surface area contributed by atoms with Crippen molar-refractivity contribution in [3.63, 3.8) is 0 Å². The summed E-state index contributed by atoms with van der Waals surface area (Å²) in [5.74, 6) is 0. The summed E-state index contributed by atoms with van der Waals surface area (Å²) in [5.41, 5.74) is 0. The summed E-state index contributed by atoms with van der Waals surface area (Å²) in [6.45, 7) is 0. The van der Waals surface area contributed by atoms with Gasteiger partial charge >= 0.3 is 0 Å². The van der Waals surface area contributed by atoms with Crippen LogP contribution in [0.3, 0.4) is 0 Å². The molecule has 0 bridgehead atoms. The normalized spacial score (nSPS) is 0. The van der Waals surface area contributed by atoms with Crippen LogP contribution in [0.2, 0.25) is 0 Å². The Morgan fingerprint density at radius 2 is 0.0154 bits per heavy atom. The van der Waals surface area contributed by atoms with Crippen molar-refractivity contribution in [2.75, 3.05) is 0 Å². The molecule has 0 aromatic heterocycles. The van der Waals surface area contributed by atoms with Gasteiger partial charge < -0.3 is 0 Å². The van der Waals surface area contributed by atoms with Crippen LogP contribution in [0.1, 0.15) is 0 Å². The second-order valence-electron chi connectivity index (χ2n) is 0. The van der Waals surface area contributed by atoms with Crippen LogP contribution in [0.15, 0.2) is 0 Å². The first kappa shape index (κ1) is 463. The summed E-state index contributed by atoms with van der Waals surface area (Å²) in [5, 5.41) is 0. The third-order valence-corrected chi connectivity index (χ3v) is 0. The third-order valence-electron chi connectivity index (χ3n) is 0. The minimum absolute atomic E-state index is 0. The molecule has 65 heavy (non-hydrogen) atoms. The van der Waals surface area contributed by atoms with Crippen LogP contribution < -0.4 is 0 Å². The van der Waals surface area contributed by atoms with Crippen molar-refractivity contribution in [3.8, 4) is 0 Å². The van der Waals surface area contributed by atoms with Crippen molar-refractivity contribution in [1.29, 1.82) is 0 Å². The van der Waals surface area contributed by atoms with Gasteiger partial charge in [-0.15, -0.1) is 0 Å². The first-order valence-corrected chi connectivity index (χ1v) is 0. The van der Waals surface area contributed by atoms with Gasteiger partial charge in [0, 0.05) is 2510 Å². The van der Waals surface area contributed by atoms with Gasteiger partial charge in [0.15, 0.2) is 0 Å². The van der Waals surface area contributed by atoms with E-state index in [9.17, 15) is 0 Å². The average molecular weight is 10300 g/mol. The second kappa shape index (κ2) is 454. The summed E-state index contributed by atoms with van der Waals surface area (Å²) in [7, 11) is 0. The van der Waals surface area contributed by atoms with Crippen molar-refractivity contribution in [2.45, 2.75) is 0 Å². The van der Waals surface area contributed by atoms with Gasteiger partial charge in [-0.1, -0.05) is 0 Å². The maximum Gasteiger partial charge on any atom is 0 e.